The van der Waals surface area contributed by atoms with Crippen LogP contribution >= 0.6 is 0 Å². The topological polar surface area (TPSA) is 75.9 Å². The lowest BCUT2D eigenvalue weighted by Gasteiger charge is -2.05. The third kappa shape index (κ3) is 1.88. The Balaban J connectivity index is 1.96. The second-order valence-electron chi connectivity index (χ2n) is 5.33. The number of nitrogens with zero attached hydrogens (tertiary/aromatic N) is 4. The lowest BCUT2D eigenvalue weighted by molar-refractivity contribution is 0.933. The van der Waals surface area contributed by atoms with Crippen LogP contribution in [0, 0.1) is 13.8 Å². The van der Waals surface area contributed by atoms with Gasteiger partial charge in [-0.3, -0.25) is 4.79 Å². The highest BCUT2D eigenvalue weighted by molar-refractivity contribution is 5.82. The molecule has 3 heterocycles. The van der Waals surface area contributed by atoms with Crippen molar-refractivity contribution in [3.05, 3.63) is 58.4 Å². The van der Waals surface area contributed by atoms with E-state index in [0.29, 0.717) is 10.9 Å². The molecule has 22 heavy (non-hydrogen) atoms. The zero-order valence-corrected chi connectivity index (χ0v) is 12.2. The van der Waals surface area contributed by atoms with E-state index >= 15 is 0 Å². The van der Waals surface area contributed by atoms with Crippen molar-refractivity contribution in [2.75, 3.05) is 0 Å². The Labute approximate surface area is 125 Å². The van der Waals surface area contributed by atoms with Crippen LogP contribution in [-0.2, 0) is 0 Å². The third-order valence-electron chi connectivity index (χ3n) is 3.67. The van der Waals surface area contributed by atoms with Crippen LogP contribution in [0.25, 0.3) is 27.8 Å². The van der Waals surface area contributed by atoms with E-state index < -0.39 is 0 Å². The van der Waals surface area contributed by atoms with Gasteiger partial charge < -0.3 is 4.98 Å². The van der Waals surface area contributed by atoms with Gasteiger partial charge in [0.05, 0.1) is 34.8 Å². The predicted octanol–water partition coefficient (Wildman–Crippen LogP) is 2.25. The summed E-state index contributed by atoms with van der Waals surface area (Å²) in [5, 5.41) is 5.17. The van der Waals surface area contributed by atoms with E-state index in [2.05, 4.69) is 20.1 Å². The number of aryl methyl sites for hydroxylation is 2. The Bertz CT molecular complexity index is 1080. The fraction of sp³-hybridized carbons (Fsp3) is 0.125. The van der Waals surface area contributed by atoms with Gasteiger partial charge in [-0.2, -0.15) is 5.10 Å². The van der Waals surface area contributed by atoms with Gasteiger partial charge >= 0.3 is 0 Å². The molecule has 6 nitrogen and oxygen atoms in total. The van der Waals surface area contributed by atoms with Crippen LogP contribution in [0.4, 0.5) is 0 Å². The Morgan fingerprint density at radius 3 is 2.91 bits per heavy atom. The number of hydrogen-bond acceptors (Lipinski definition) is 4. The summed E-state index contributed by atoms with van der Waals surface area (Å²) < 4.78 is 1.79. The zero-order chi connectivity index (χ0) is 15.3. The third-order valence-corrected chi connectivity index (χ3v) is 3.67. The molecule has 6 heteroatoms. The maximum absolute atomic E-state index is 11.7. The van der Waals surface area contributed by atoms with Crippen molar-refractivity contribution >= 4 is 16.6 Å². The van der Waals surface area contributed by atoms with Crippen molar-refractivity contribution in [1.82, 2.24) is 24.6 Å². The van der Waals surface area contributed by atoms with Crippen molar-refractivity contribution < 1.29 is 0 Å². The molecule has 0 aliphatic heterocycles. The molecule has 4 aromatic rings. The summed E-state index contributed by atoms with van der Waals surface area (Å²) in [6, 6.07) is 7.53. The fourth-order valence-corrected chi connectivity index (χ4v) is 2.61. The monoisotopic (exact) mass is 291 g/mol. The van der Waals surface area contributed by atoms with Crippen LogP contribution in [0.15, 0.2) is 41.6 Å². The molecule has 0 radical (unpaired) electrons. The second kappa shape index (κ2) is 4.49. The largest absolute Gasteiger partial charge is 0.313 e. The minimum absolute atomic E-state index is 0.138. The van der Waals surface area contributed by atoms with Gasteiger partial charge in [0.2, 0.25) is 0 Å². The molecule has 1 N–H and O–H groups in total. The molecule has 0 saturated carbocycles. The first kappa shape index (κ1) is 12.7. The van der Waals surface area contributed by atoms with Crippen LogP contribution < -0.4 is 5.56 Å². The van der Waals surface area contributed by atoms with Crippen molar-refractivity contribution in [2.24, 2.45) is 0 Å². The molecule has 0 unspecified atom stereocenters. The van der Waals surface area contributed by atoms with E-state index in [9.17, 15) is 4.79 Å². The first-order valence-electron chi connectivity index (χ1n) is 6.93. The summed E-state index contributed by atoms with van der Waals surface area (Å²) in [7, 11) is 0. The quantitative estimate of drug-likeness (QED) is 0.583. The molecule has 3 aromatic heterocycles. The van der Waals surface area contributed by atoms with E-state index in [1.807, 2.05) is 38.2 Å². The van der Waals surface area contributed by atoms with Gasteiger partial charge in [0, 0.05) is 5.56 Å². The Morgan fingerprint density at radius 2 is 2.05 bits per heavy atom. The highest BCUT2D eigenvalue weighted by Crippen LogP contribution is 2.22. The Morgan fingerprint density at radius 1 is 1.18 bits per heavy atom. The van der Waals surface area contributed by atoms with Crippen LogP contribution in [0.2, 0.25) is 0 Å². The Hall–Kier alpha value is -3.02. The summed E-state index contributed by atoms with van der Waals surface area (Å²) >= 11 is 0. The molecule has 1 aromatic carbocycles. The number of H-pyrrole nitrogens is 1. The standard InChI is InChI=1S/C16H13N5O/c1-9-5-13(20-21-7-10(2)19-15(9)21)11-3-4-12-14(6-11)17-8-18-16(12)22/h3-8H,1-2H3,(H,17,18,22). The first-order chi connectivity index (χ1) is 10.6. The van der Waals surface area contributed by atoms with Gasteiger partial charge in [-0.05, 0) is 37.6 Å². The van der Waals surface area contributed by atoms with Gasteiger partial charge in [-0.25, -0.2) is 14.5 Å². The highest BCUT2D eigenvalue weighted by atomic mass is 16.1. The summed E-state index contributed by atoms with van der Waals surface area (Å²) in [5.41, 5.74) is 5.10. The van der Waals surface area contributed by atoms with Gasteiger partial charge in [-0.1, -0.05) is 6.07 Å². The molecule has 0 aliphatic rings. The van der Waals surface area contributed by atoms with Gasteiger partial charge in [0.25, 0.3) is 5.56 Å². The van der Waals surface area contributed by atoms with Gasteiger partial charge in [0.1, 0.15) is 0 Å². The first-order valence-corrected chi connectivity index (χ1v) is 6.93. The summed E-state index contributed by atoms with van der Waals surface area (Å²) in [6.45, 7) is 3.96. The molecule has 0 spiro atoms. The number of rotatable bonds is 1. The van der Waals surface area contributed by atoms with E-state index in [1.54, 1.807) is 10.6 Å². The molecule has 0 atom stereocenters. The SMILES string of the molecule is Cc1cn2nc(-c3ccc4c(=O)[nH]cnc4c3)cc(C)c2n1. The Kier molecular flexibility index (Phi) is 2.59. The number of benzene rings is 1. The normalized spacial score (nSPS) is 11.4. The van der Waals surface area contributed by atoms with Crippen molar-refractivity contribution in [3.63, 3.8) is 0 Å². The number of nitrogens with one attached hydrogen (secondary N) is 1. The van der Waals surface area contributed by atoms with Crippen molar-refractivity contribution in [1.29, 1.82) is 0 Å². The van der Waals surface area contributed by atoms with Gasteiger partial charge in [-0.15, -0.1) is 0 Å². The smallest absolute Gasteiger partial charge is 0.258 e. The van der Waals surface area contributed by atoms with Crippen LogP contribution in [0.5, 0.6) is 0 Å². The summed E-state index contributed by atoms with van der Waals surface area (Å²) in [5.74, 6) is 0. The lowest BCUT2D eigenvalue weighted by Crippen LogP contribution is -2.06. The maximum atomic E-state index is 11.7. The average molecular weight is 291 g/mol. The van der Waals surface area contributed by atoms with E-state index in [0.717, 1.165) is 28.2 Å². The van der Waals surface area contributed by atoms with Gasteiger partial charge in [0.15, 0.2) is 5.65 Å². The van der Waals surface area contributed by atoms with Crippen LogP contribution in [0.1, 0.15) is 11.3 Å². The number of aromatic amines is 1. The van der Waals surface area contributed by atoms with Crippen LogP contribution in [0.3, 0.4) is 0 Å². The number of hydrogen-bond donors (Lipinski definition) is 1. The molecular weight excluding hydrogens is 278 g/mol. The molecule has 0 aliphatic carbocycles. The molecule has 4 rings (SSSR count). The molecular formula is C16H13N5O. The number of aromatic nitrogens is 5. The summed E-state index contributed by atoms with van der Waals surface area (Å²) in [6.07, 6.45) is 3.31. The minimum atomic E-state index is -0.138. The molecule has 0 fully saturated rings. The highest BCUT2D eigenvalue weighted by Gasteiger charge is 2.09. The number of imidazole rings is 1. The second-order valence-corrected chi connectivity index (χ2v) is 5.33. The van der Waals surface area contributed by atoms with Crippen LogP contribution in [-0.4, -0.2) is 24.6 Å². The molecule has 108 valence electrons. The maximum Gasteiger partial charge on any atom is 0.258 e. The minimum Gasteiger partial charge on any atom is -0.313 e. The average Bonchev–Trinajstić information content (AvgIpc) is 2.88. The molecule has 0 saturated heterocycles. The van der Waals surface area contributed by atoms with Crippen molar-refractivity contribution in [2.45, 2.75) is 13.8 Å². The predicted molar refractivity (Wildman–Crippen MR) is 83.8 cm³/mol. The van der Waals surface area contributed by atoms with E-state index in [-0.39, 0.29) is 5.56 Å². The van der Waals surface area contributed by atoms with E-state index in [1.165, 1.54) is 6.33 Å². The van der Waals surface area contributed by atoms with E-state index in [4.69, 9.17) is 0 Å². The lowest BCUT2D eigenvalue weighted by atomic mass is 10.1. The molecule has 0 amide bonds. The molecule has 0 bridgehead atoms. The number of fused-ring (bicyclic) bond motifs is 2. The van der Waals surface area contributed by atoms with Crippen molar-refractivity contribution in [3.8, 4) is 11.3 Å². The summed E-state index contributed by atoms with van der Waals surface area (Å²) in [4.78, 5) is 23.0. The zero-order valence-electron chi connectivity index (χ0n) is 12.2. The fourth-order valence-electron chi connectivity index (χ4n) is 2.61.